The summed E-state index contributed by atoms with van der Waals surface area (Å²) < 4.78 is 4.66. The van der Waals surface area contributed by atoms with Gasteiger partial charge in [-0.25, -0.2) is 9.97 Å². The van der Waals surface area contributed by atoms with Crippen LogP contribution in [-0.2, 0) is 22.5 Å². The average Bonchev–Trinajstić information content (AvgIpc) is 2.35. The van der Waals surface area contributed by atoms with E-state index in [4.69, 9.17) is 0 Å². The lowest BCUT2D eigenvalue weighted by molar-refractivity contribution is -0.139. The molecule has 0 aliphatic rings. The lowest BCUT2D eigenvalue weighted by atomic mass is 10.1. The quantitative estimate of drug-likeness (QED) is 0.780. The fourth-order valence-corrected chi connectivity index (χ4v) is 1.63. The van der Waals surface area contributed by atoms with Crippen LogP contribution < -0.4 is 0 Å². The molecule has 19 heavy (non-hydrogen) atoms. The Morgan fingerprint density at radius 1 is 1.16 bits per heavy atom. The SMILES string of the molecule is CC.COC(=O)Cc1c(C)nc(CN(C)C)nc1C. The Kier molecular flexibility index (Phi) is 7.91. The fourth-order valence-electron chi connectivity index (χ4n) is 1.63. The number of aromatic nitrogens is 2. The van der Waals surface area contributed by atoms with Gasteiger partial charge in [0.2, 0.25) is 0 Å². The summed E-state index contributed by atoms with van der Waals surface area (Å²) in [5.74, 6) is 0.513. The summed E-state index contributed by atoms with van der Waals surface area (Å²) in [6.07, 6.45) is 0.233. The highest BCUT2D eigenvalue weighted by molar-refractivity contribution is 5.73. The molecule has 0 atom stereocenters. The Labute approximate surface area is 116 Å². The summed E-state index contributed by atoms with van der Waals surface area (Å²) in [6.45, 7) is 8.48. The van der Waals surface area contributed by atoms with Crippen molar-refractivity contribution >= 4 is 5.97 Å². The third-order valence-electron chi connectivity index (χ3n) is 2.47. The molecule has 1 aromatic heterocycles. The number of carbonyl (C=O) groups is 1. The summed E-state index contributed by atoms with van der Waals surface area (Å²) in [4.78, 5) is 22.1. The van der Waals surface area contributed by atoms with Gasteiger partial charge in [-0.3, -0.25) is 4.79 Å². The van der Waals surface area contributed by atoms with Crippen molar-refractivity contribution in [3.05, 3.63) is 22.8 Å². The van der Waals surface area contributed by atoms with Crippen LogP contribution in [0.1, 0.15) is 36.6 Å². The van der Waals surface area contributed by atoms with Crippen LogP contribution in [0, 0.1) is 13.8 Å². The van der Waals surface area contributed by atoms with E-state index in [1.807, 2.05) is 46.7 Å². The van der Waals surface area contributed by atoms with E-state index in [9.17, 15) is 4.79 Å². The minimum Gasteiger partial charge on any atom is -0.469 e. The van der Waals surface area contributed by atoms with Crippen LogP contribution in [0.25, 0.3) is 0 Å². The Balaban J connectivity index is 0.00000154. The molecule has 5 nitrogen and oxygen atoms in total. The van der Waals surface area contributed by atoms with Crippen LogP contribution in [0.5, 0.6) is 0 Å². The first-order valence-electron chi connectivity index (χ1n) is 6.48. The van der Waals surface area contributed by atoms with E-state index in [1.54, 1.807) is 0 Å². The van der Waals surface area contributed by atoms with Gasteiger partial charge in [0.25, 0.3) is 0 Å². The summed E-state index contributed by atoms with van der Waals surface area (Å²) in [5, 5.41) is 0. The molecule has 108 valence electrons. The van der Waals surface area contributed by atoms with Crippen molar-refractivity contribution in [2.45, 2.75) is 40.7 Å². The lowest BCUT2D eigenvalue weighted by Gasteiger charge is -2.12. The second-order valence-electron chi connectivity index (χ2n) is 4.28. The maximum Gasteiger partial charge on any atom is 0.310 e. The van der Waals surface area contributed by atoms with Gasteiger partial charge in [-0.2, -0.15) is 0 Å². The summed E-state index contributed by atoms with van der Waals surface area (Å²) >= 11 is 0. The maximum absolute atomic E-state index is 11.3. The Bertz CT molecular complexity index is 394. The molecule has 0 aromatic carbocycles. The highest BCUT2D eigenvalue weighted by Gasteiger charge is 2.12. The van der Waals surface area contributed by atoms with E-state index in [-0.39, 0.29) is 12.4 Å². The van der Waals surface area contributed by atoms with Crippen LogP contribution in [-0.4, -0.2) is 42.0 Å². The van der Waals surface area contributed by atoms with Crippen molar-refractivity contribution in [3.8, 4) is 0 Å². The van der Waals surface area contributed by atoms with E-state index in [0.29, 0.717) is 6.54 Å². The summed E-state index contributed by atoms with van der Waals surface area (Å²) in [6, 6.07) is 0. The molecule has 0 bridgehead atoms. The average molecular weight is 267 g/mol. The predicted molar refractivity (Wildman–Crippen MR) is 76.0 cm³/mol. The van der Waals surface area contributed by atoms with Gasteiger partial charge in [-0.15, -0.1) is 0 Å². The third-order valence-corrected chi connectivity index (χ3v) is 2.47. The third kappa shape index (κ3) is 5.79. The first kappa shape index (κ1) is 17.5. The van der Waals surface area contributed by atoms with Crippen LogP contribution >= 0.6 is 0 Å². The Hall–Kier alpha value is -1.49. The summed E-state index contributed by atoms with van der Waals surface area (Å²) in [5.41, 5.74) is 2.55. The van der Waals surface area contributed by atoms with Gasteiger partial charge in [0.15, 0.2) is 0 Å². The molecule has 0 aliphatic carbocycles. The number of ether oxygens (including phenoxy) is 1. The van der Waals surface area contributed by atoms with Gasteiger partial charge in [0.05, 0.1) is 20.1 Å². The number of methoxy groups -OCH3 is 1. The molecular weight excluding hydrogens is 242 g/mol. The molecule has 0 amide bonds. The number of aryl methyl sites for hydroxylation is 2. The number of rotatable bonds is 4. The Morgan fingerprint density at radius 2 is 1.63 bits per heavy atom. The lowest BCUT2D eigenvalue weighted by Crippen LogP contribution is -2.16. The summed E-state index contributed by atoms with van der Waals surface area (Å²) in [7, 11) is 5.32. The standard InChI is InChI=1S/C12H19N3O2.C2H6/c1-8-10(6-12(16)17-5)9(2)14-11(13-8)7-15(3)4;1-2/h6-7H2,1-5H3;1-2H3. The normalized spacial score (nSPS) is 9.89. The van der Waals surface area contributed by atoms with Crippen molar-refractivity contribution in [1.82, 2.24) is 14.9 Å². The molecule has 0 saturated heterocycles. The number of nitrogens with zero attached hydrogens (tertiary/aromatic N) is 3. The molecule has 0 aliphatic heterocycles. The Morgan fingerprint density at radius 3 is 2.00 bits per heavy atom. The van der Waals surface area contributed by atoms with Gasteiger partial charge in [-0.1, -0.05) is 13.8 Å². The molecule has 0 unspecified atom stereocenters. The number of esters is 1. The maximum atomic E-state index is 11.3. The zero-order chi connectivity index (χ0) is 15.0. The topological polar surface area (TPSA) is 55.3 Å². The molecule has 0 fully saturated rings. The molecule has 0 saturated carbocycles. The predicted octanol–water partition coefficient (Wildman–Crippen LogP) is 1.90. The van der Waals surface area contributed by atoms with Gasteiger partial charge in [0.1, 0.15) is 5.82 Å². The molecule has 1 aromatic rings. The van der Waals surface area contributed by atoms with Crippen molar-refractivity contribution in [1.29, 1.82) is 0 Å². The molecule has 0 spiro atoms. The molecule has 0 N–H and O–H groups in total. The van der Waals surface area contributed by atoms with Crippen LogP contribution in [0.3, 0.4) is 0 Å². The van der Waals surface area contributed by atoms with Crippen molar-refractivity contribution < 1.29 is 9.53 Å². The first-order valence-corrected chi connectivity index (χ1v) is 6.48. The van der Waals surface area contributed by atoms with Gasteiger partial charge < -0.3 is 9.64 Å². The highest BCUT2D eigenvalue weighted by atomic mass is 16.5. The minimum absolute atomic E-state index is 0.233. The molecule has 1 heterocycles. The largest absolute Gasteiger partial charge is 0.469 e. The number of carbonyl (C=O) groups excluding carboxylic acids is 1. The van der Waals surface area contributed by atoms with E-state index >= 15 is 0 Å². The molecule has 1 rings (SSSR count). The van der Waals surface area contributed by atoms with E-state index < -0.39 is 0 Å². The molecular formula is C14H25N3O2. The monoisotopic (exact) mass is 267 g/mol. The van der Waals surface area contributed by atoms with E-state index in [2.05, 4.69) is 14.7 Å². The van der Waals surface area contributed by atoms with Crippen molar-refractivity contribution in [2.24, 2.45) is 0 Å². The van der Waals surface area contributed by atoms with E-state index in [0.717, 1.165) is 22.8 Å². The van der Waals surface area contributed by atoms with E-state index in [1.165, 1.54) is 7.11 Å². The van der Waals surface area contributed by atoms with Crippen molar-refractivity contribution in [2.75, 3.05) is 21.2 Å². The van der Waals surface area contributed by atoms with Crippen molar-refractivity contribution in [3.63, 3.8) is 0 Å². The second kappa shape index (κ2) is 8.58. The van der Waals surface area contributed by atoms with Gasteiger partial charge in [0, 0.05) is 17.0 Å². The fraction of sp³-hybridized carbons (Fsp3) is 0.643. The minimum atomic E-state index is -0.264. The zero-order valence-electron chi connectivity index (χ0n) is 13.1. The second-order valence-corrected chi connectivity index (χ2v) is 4.28. The number of hydrogen-bond donors (Lipinski definition) is 0. The molecule has 0 radical (unpaired) electrons. The van der Waals surface area contributed by atoms with Gasteiger partial charge in [-0.05, 0) is 27.9 Å². The van der Waals surface area contributed by atoms with Crippen LogP contribution in [0.15, 0.2) is 0 Å². The van der Waals surface area contributed by atoms with Crippen LogP contribution in [0.2, 0.25) is 0 Å². The molecule has 5 heteroatoms. The zero-order valence-corrected chi connectivity index (χ0v) is 13.1. The van der Waals surface area contributed by atoms with Crippen LogP contribution in [0.4, 0.5) is 0 Å². The number of hydrogen-bond acceptors (Lipinski definition) is 5. The highest BCUT2D eigenvalue weighted by Crippen LogP contribution is 2.12. The first-order chi connectivity index (χ1) is 8.93. The smallest absolute Gasteiger partial charge is 0.310 e. The van der Waals surface area contributed by atoms with Gasteiger partial charge >= 0.3 is 5.97 Å².